The van der Waals surface area contributed by atoms with Crippen molar-refractivity contribution >= 4 is 34.7 Å². The monoisotopic (exact) mass is 372 g/mol. The number of oxazole rings is 1. The molecule has 2 rings (SSSR count). The summed E-state index contributed by atoms with van der Waals surface area (Å²) >= 11 is 1.08. The second-order valence-electron chi connectivity index (χ2n) is 5.09. The number of amides is 1. The molecule has 26 heavy (non-hydrogen) atoms. The molecule has 8 nitrogen and oxygen atoms in total. The maximum Gasteiger partial charge on any atom is 0.316 e. The van der Waals surface area contributed by atoms with E-state index >= 15 is 0 Å². The van der Waals surface area contributed by atoms with Gasteiger partial charge < -0.3 is 14.1 Å². The fourth-order valence-corrected chi connectivity index (χ4v) is 2.68. The number of para-hydroxylation sites is 2. The Bertz CT molecular complexity index is 801. The van der Waals surface area contributed by atoms with E-state index in [1.54, 1.807) is 12.1 Å². The molecule has 0 spiro atoms. The molecule has 1 heterocycles. The third kappa shape index (κ3) is 5.80. The second kappa shape index (κ2) is 10.1. The molecule has 0 unspecified atom stereocenters. The third-order valence-corrected chi connectivity index (χ3v) is 4.09. The summed E-state index contributed by atoms with van der Waals surface area (Å²) in [5.41, 5.74) is 1.33. The first-order valence-electron chi connectivity index (χ1n) is 7.79. The number of carbonyl (C=O) groups excluding carboxylic acids is 2. The van der Waals surface area contributed by atoms with Gasteiger partial charge in [-0.25, -0.2) is 4.98 Å². The van der Waals surface area contributed by atoms with Gasteiger partial charge in [-0.05, 0) is 12.1 Å². The van der Waals surface area contributed by atoms with Crippen LogP contribution in [-0.4, -0.2) is 47.2 Å². The number of carbonyl (C=O) groups is 2. The largest absolute Gasteiger partial charge is 0.455 e. The molecule has 1 aromatic heterocycles. The highest BCUT2D eigenvalue weighted by molar-refractivity contribution is 7.99. The number of benzene rings is 1. The van der Waals surface area contributed by atoms with Crippen LogP contribution >= 0.6 is 11.8 Å². The smallest absolute Gasteiger partial charge is 0.316 e. The number of esters is 1. The molecule has 0 saturated heterocycles. The Hall–Kier alpha value is -3.04. The van der Waals surface area contributed by atoms with E-state index in [2.05, 4.69) is 4.98 Å². The minimum atomic E-state index is -0.578. The van der Waals surface area contributed by atoms with Crippen LogP contribution in [-0.2, 0) is 14.3 Å². The number of rotatable bonds is 9. The Morgan fingerprint density at radius 2 is 1.88 bits per heavy atom. The van der Waals surface area contributed by atoms with E-state index in [1.165, 1.54) is 4.90 Å². The predicted molar refractivity (Wildman–Crippen MR) is 92.7 cm³/mol. The summed E-state index contributed by atoms with van der Waals surface area (Å²) in [4.78, 5) is 29.4. The van der Waals surface area contributed by atoms with E-state index in [0.717, 1.165) is 11.8 Å². The van der Waals surface area contributed by atoms with Gasteiger partial charge in [-0.2, -0.15) is 10.5 Å². The van der Waals surface area contributed by atoms with E-state index in [0.29, 0.717) is 16.3 Å². The van der Waals surface area contributed by atoms with E-state index in [-0.39, 0.29) is 31.7 Å². The molecule has 1 amide bonds. The topological polar surface area (TPSA) is 120 Å². The molecule has 0 aliphatic heterocycles. The highest BCUT2D eigenvalue weighted by atomic mass is 32.2. The highest BCUT2D eigenvalue weighted by Gasteiger charge is 2.16. The summed E-state index contributed by atoms with van der Waals surface area (Å²) in [5.74, 6) is -1.06. The highest BCUT2D eigenvalue weighted by Crippen LogP contribution is 2.23. The van der Waals surface area contributed by atoms with Gasteiger partial charge in [0.1, 0.15) is 11.3 Å². The molecule has 0 aliphatic rings. The third-order valence-electron chi connectivity index (χ3n) is 3.28. The van der Waals surface area contributed by atoms with Crippen LogP contribution < -0.4 is 0 Å². The second-order valence-corrected chi connectivity index (χ2v) is 6.02. The summed E-state index contributed by atoms with van der Waals surface area (Å²) < 4.78 is 10.4. The van der Waals surface area contributed by atoms with Crippen LogP contribution in [0.5, 0.6) is 0 Å². The van der Waals surface area contributed by atoms with Crippen LogP contribution in [0.15, 0.2) is 33.9 Å². The van der Waals surface area contributed by atoms with E-state index in [9.17, 15) is 9.59 Å². The number of nitriles is 2. The number of hydrogen-bond donors (Lipinski definition) is 0. The maximum absolute atomic E-state index is 12.0. The van der Waals surface area contributed by atoms with Crippen molar-refractivity contribution < 1.29 is 18.7 Å². The minimum absolute atomic E-state index is 0.0451. The van der Waals surface area contributed by atoms with Gasteiger partial charge in [0, 0.05) is 13.1 Å². The first-order chi connectivity index (χ1) is 12.6. The quantitative estimate of drug-likeness (QED) is 0.485. The summed E-state index contributed by atoms with van der Waals surface area (Å²) in [5, 5.41) is 17.6. The molecule has 0 saturated carbocycles. The zero-order valence-electron chi connectivity index (χ0n) is 13.9. The fraction of sp³-hybridized carbons (Fsp3) is 0.353. The molecule has 0 fully saturated rings. The molecule has 0 radical (unpaired) electrons. The zero-order valence-corrected chi connectivity index (χ0v) is 14.7. The molecule has 1 aromatic carbocycles. The number of aromatic nitrogens is 1. The van der Waals surface area contributed by atoms with Gasteiger partial charge in [-0.3, -0.25) is 9.59 Å². The van der Waals surface area contributed by atoms with Crippen LogP contribution in [0.4, 0.5) is 0 Å². The molecular formula is C17H16N4O4S. The van der Waals surface area contributed by atoms with Crippen molar-refractivity contribution in [2.75, 3.05) is 25.4 Å². The van der Waals surface area contributed by atoms with Gasteiger partial charge >= 0.3 is 5.97 Å². The van der Waals surface area contributed by atoms with E-state index in [4.69, 9.17) is 19.7 Å². The number of fused-ring (bicyclic) bond motifs is 1. The number of hydrogen-bond acceptors (Lipinski definition) is 8. The number of ether oxygens (including phenoxy) is 1. The first kappa shape index (κ1) is 19.3. The van der Waals surface area contributed by atoms with Crippen molar-refractivity contribution in [3.05, 3.63) is 24.3 Å². The predicted octanol–water partition coefficient (Wildman–Crippen LogP) is 2.12. The Morgan fingerprint density at radius 1 is 1.19 bits per heavy atom. The Morgan fingerprint density at radius 3 is 2.54 bits per heavy atom. The average molecular weight is 372 g/mol. The van der Waals surface area contributed by atoms with E-state index in [1.807, 2.05) is 24.3 Å². The van der Waals surface area contributed by atoms with Crippen molar-refractivity contribution in [1.29, 1.82) is 10.5 Å². The van der Waals surface area contributed by atoms with Crippen molar-refractivity contribution in [2.45, 2.75) is 18.1 Å². The SMILES string of the molecule is N#CCCN(CCC#N)C(=O)COC(=O)CSc1nc2ccccc2o1. The Labute approximate surface area is 154 Å². The Balaban J connectivity index is 1.78. The van der Waals surface area contributed by atoms with Crippen molar-refractivity contribution in [2.24, 2.45) is 0 Å². The minimum Gasteiger partial charge on any atom is -0.455 e. The lowest BCUT2D eigenvalue weighted by Gasteiger charge is -2.19. The maximum atomic E-state index is 12.0. The molecule has 0 aliphatic carbocycles. The van der Waals surface area contributed by atoms with Gasteiger partial charge in [0.05, 0.1) is 25.0 Å². The van der Waals surface area contributed by atoms with Crippen LogP contribution in [0.1, 0.15) is 12.8 Å². The van der Waals surface area contributed by atoms with Crippen LogP contribution in [0.25, 0.3) is 11.1 Å². The summed E-state index contributed by atoms with van der Waals surface area (Å²) in [6, 6.07) is 11.1. The van der Waals surface area contributed by atoms with Crippen LogP contribution in [0.3, 0.4) is 0 Å². The zero-order chi connectivity index (χ0) is 18.8. The molecule has 0 N–H and O–H groups in total. The lowest BCUT2D eigenvalue weighted by molar-refractivity contribution is -0.149. The van der Waals surface area contributed by atoms with Crippen molar-refractivity contribution in [3.8, 4) is 12.1 Å². The molecule has 9 heteroatoms. The first-order valence-corrected chi connectivity index (χ1v) is 8.78. The van der Waals surface area contributed by atoms with Gasteiger partial charge in [0.15, 0.2) is 12.2 Å². The standard InChI is InChI=1S/C17H16N4O4S/c18-7-3-9-21(10-4-8-19)15(22)11-24-16(23)12-26-17-20-13-5-1-2-6-14(13)25-17/h1-2,5-6H,3-4,9-12H2. The Kier molecular flexibility index (Phi) is 7.47. The van der Waals surface area contributed by atoms with Crippen LogP contribution in [0, 0.1) is 22.7 Å². The van der Waals surface area contributed by atoms with Gasteiger partial charge in [-0.15, -0.1) is 0 Å². The van der Waals surface area contributed by atoms with Crippen LogP contribution in [0.2, 0.25) is 0 Å². The van der Waals surface area contributed by atoms with Crippen molar-refractivity contribution in [3.63, 3.8) is 0 Å². The van der Waals surface area contributed by atoms with Gasteiger partial charge in [0.2, 0.25) is 0 Å². The summed E-state index contributed by atoms with van der Waals surface area (Å²) in [7, 11) is 0. The molecule has 134 valence electrons. The van der Waals surface area contributed by atoms with E-state index < -0.39 is 18.5 Å². The van der Waals surface area contributed by atoms with Gasteiger partial charge in [-0.1, -0.05) is 23.9 Å². The fourth-order valence-electron chi connectivity index (χ4n) is 2.04. The molecular weight excluding hydrogens is 356 g/mol. The molecule has 0 atom stereocenters. The normalized spacial score (nSPS) is 10.1. The number of nitrogens with zero attached hydrogens (tertiary/aromatic N) is 4. The lowest BCUT2D eigenvalue weighted by atomic mass is 10.3. The van der Waals surface area contributed by atoms with Gasteiger partial charge in [0.25, 0.3) is 11.1 Å². The summed E-state index contributed by atoms with van der Waals surface area (Å²) in [6.45, 7) is -0.0255. The molecule has 0 bridgehead atoms. The lowest BCUT2D eigenvalue weighted by Crippen LogP contribution is -2.36. The summed E-state index contributed by atoms with van der Waals surface area (Å²) in [6.07, 6.45) is 0.303. The average Bonchev–Trinajstić information content (AvgIpc) is 3.07. The number of thioether (sulfide) groups is 1. The van der Waals surface area contributed by atoms with Crippen molar-refractivity contribution in [1.82, 2.24) is 9.88 Å². The molecule has 2 aromatic rings.